The third-order valence-corrected chi connectivity index (χ3v) is 7.52. The fraction of sp³-hybridized carbons (Fsp3) is 0.381. The van der Waals surface area contributed by atoms with Gasteiger partial charge in [0.15, 0.2) is 0 Å². The molecular formula is C21H30N6O6S2. The van der Waals surface area contributed by atoms with Gasteiger partial charge < -0.3 is 16.2 Å². The van der Waals surface area contributed by atoms with Gasteiger partial charge in [-0.25, -0.2) is 27.1 Å². The molecule has 8 N–H and O–H groups in total. The Kier molecular flexibility index (Phi) is 10.1. The second kappa shape index (κ2) is 12.6. The van der Waals surface area contributed by atoms with Gasteiger partial charge in [-0.05, 0) is 74.2 Å². The van der Waals surface area contributed by atoms with Gasteiger partial charge in [0.2, 0.25) is 20.0 Å². The summed E-state index contributed by atoms with van der Waals surface area (Å²) in [5.41, 5.74) is 7.37. The normalized spacial score (nSPS) is 18.5. The van der Waals surface area contributed by atoms with Crippen LogP contribution in [0.4, 0.5) is 17.1 Å². The number of hydrogen-bond donors (Lipinski definition) is 5. The lowest BCUT2D eigenvalue weighted by Crippen LogP contribution is -2.33. The summed E-state index contributed by atoms with van der Waals surface area (Å²) in [5.74, 6) is -0.843. The third-order valence-electron chi connectivity index (χ3n) is 5.19. The summed E-state index contributed by atoms with van der Waals surface area (Å²) in [6.45, 7) is 0.365. The minimum atomic E-state index is -3.58. The fourth-order valence-corrected chi connectivity index (χ4v) is 4.70. The lowest BCUT2D eigenvalue weighted by atomic mass is 9.96. The molecular weight excluding hydrogens is 496 g/mol. The maximum atomic E-state index is 11.3. The molecule has 14 heteroatoms. The molecule has 0 bridgehead atoms. The van der Waals surface area contributed by atoms with Crippen LogP contribution >= 0.6 is 0 Å². The van der Waals surface area contributed by atoms with Crippen LogP contribution in [0.1, 0.15) is 32.1 Å². The Morgan fingerprint density at radius 2 is 1.51 bits per heavy atom. The first-order valence-electron chi connectivity index (χ1n) is 10.7. The molecule has 1 fully saturated rings. The zero-order valence-electron chi connectivity index (χ0n) is 18.9. The van der Waals surface area contributed by atoms with Gasteiger partial charge in [-0.2, -0.15) is 10.2 Å². The number of nitrogens with zero attached hydrogens (tertiary/aromatic N) is 2. The van der Waals surface area contributed by atoms with Crippen molar-refractivity contribution in [2.45, 2.75) is 48.3 Å². The van der Waals surface area contributed by atoms with Crippen molar-refractivity contribution in [2.24, 2.45) is 20.5 Å². The number of carbonyl (C=O) groups is 1. The third kappa shape index (κ3) is 10.4. The second-order valence-corrected chi connectivity index (χ2v) is 11.4. The van der Waals surface area contributed by atoms with Gasteiger partial charge >= 0.3 is 5.97 Å². The average molecular weight is 527 g/mol. The smallest absolute Gasteiger partial charge is 0.305 e. The van der Waals surface area contributed by atoms with Gasteiger partial charge in [-0.3, -0.25) is 4.79 Å². The van der Waals surface area contributed by atoms with Crippen LogP contribution < -0.4 is 21.3 Å². The van der Waals surface area contributed by atoms with Crippen LogP contribution in [0.25, 0.3) is 0 Å². The van der Waals surface area contributed by atoms with E-state index in [4.69, 9.17) is 21.1 Å². The van der Waals surface area contributed by atoms with E-state index >= 15 is 0 Å². The standard InChI is InChI=1S/C15H22N4O4S.C6H8N2O2S/c16-24(22,23)14-7-5-13(6-8-14)19-18-12-3-1-11(2-4-12)17-10-9-15(20)21;7-5-1-3-6(4-2-5)11(8,9)10/h1-4,13-14,17H,5-10H2,(H,20,21)(H2,16,22,23);1-4H,7H2,(H2,8,9,10). The highest BCUT2D eigenvalue weighted by atomic mass is 32.2. The SMILES string of the molecule is NS(=O)(=O)C1CCC(N=Nc2ccc(NCCC(=O)O)cc2)CC1.Nc1ccc(S(N)(=O)=O)cc1. The molecule has 1 aliphatic rings. The molecule has 12 nitrogen and oxygen atoms in total. The predicted molar refractivity (Wildman–Crippen MR) is 133 cm³/mol. The molecule has 0 saturated heterocycles. The highest BCUT2D eigenvalue weighted by Crippen LogP contribution is 2.26. The number of nitrogens with two attached hydrogens (primary N) is 3. The number of rotatable bonds is 8. The van der Waals surface area contributed by atoms with Crippen molar-refractivity contribution in [3.05, 3.63) is 48.5 Å². The maximum Gasteiger partial charge on any atom is 0.305 e. The summed E-state index contributed by atoms with van der Waals surface area (Å²) in [6.07, 6.45) is 2.44. The lowest BCUT2D eigenvalue weighted by molar-refractivity contribution is -0.136. The van der Waals surface area contributed by atoms with E-state index in [1.54, 1.807) is 12.1 Å². The first kappa shape index (κ1) is 28.2. The largest absolute Gasteiger partial charge is 0.481 e. The Labute approximate surface area is 204 Å². The van der Waals surface area contributed by atoms with Crippen molar-refractivity contribution in [1.82, 2.24) is 0 Å². The zero-order valence-corrected chi connectivity index (χ0v) is 20.6. The maximum absolute atomic E-state index is 11.3. The zero-order chi connectivity index (χ0) is 26.1. The van der Waals surface area contributed by atoms with Gasteiger partial charge in [0.25, 0.3) is 0 Å². The number of hydrogen-bond acceptors (Lipinski definition) is 9. The number of primary sulfonamides is 2. The van der Waals surface area contributed by atoms with E-state index < -0.39 is 31.3 Å². The van der Waals surface area contributed by atoms with Crippen molar-refractivity contribution >= 4 is 43.1 Å². The van der Waals surface area contributed by atoms with Gasteiger partial charge in [-0.15, -0.1) is 0 Å². The average Bonchev–Trinajstić information content (AvgIpc) is 2.78. The number of nitrogens with one attached hydrogen (secondary N) is 1. The Hall–Kier alpha value is -3.07. The number of carboxylic acids is 1. The monoisotopic (exact) mass is 526 g/mol. The molecule has 0 spiro atoms. The molecule has 0 heterocycles. The fourth-order valence-electron chi connectivity index (χ4n) is 3.25. The van der Waals surface area contributed by atoms with Crippen LogP contribution in [-0.4, -0.2) is 45.7 Å². The summed E-state index contributed by atoms with van der Waals surface area (Å²) in [5, 5.41) is 29.6. The van der Waals surface area contributed by atoms with Crippen LogP contribution in [0.2, 0.25) is 0 Å². The first-order valence-corrected chi connectivity index (χ1v) is 13.9. The van der Waals surface area contributed by atoms with E-state index in [2.05, 4.69) is 15.5 Å². The van der Waals surface area contributed by atoms with Crippen molar-refractivity contribution in [2.75, 3.05) is 17.6 Å². The van der Waals surface area contributed by atoms with Crippen LogP contribution in [0, 0.1) is 0 Å². The summed E-state index contributed by atoms with van der Waals surface area (Å²) in [6, 6.07) is 12.9. The van der Waals surface area contributed by atoms with Crippen LogP contribution in [0.15, 0.2) is 63.7 Å². The number of azo groups is 1. The Morgan fingerprint density at radius 1 is 0.943 bits per heavy atom. The summed E-state index contributed by atoms with van der Waals surface area (Å²) in [4.78, 5) is 10.5. The molecule has 2 aromatic rings. The van der Waals surface area contributed by atoms with Gasteiger partial charge in [0.1, 0.15) is 0 Å². The molecule has 0 unspecified atom stereocenters. The molecule has 2 aromatic carbocycles. The highest BCUT2D eigenvalue weighted by Gasteiger charge is 2.28. The van der Waals surface area contributed by atoms with E-state index in [1.165, 1.54) is 24.3 Å². The lowest BCUT2D eigenvalue weighted by Gasteiger charge is -2.23. The molecule has 3 rings (SSSR count). The number of aliphatic carboxylic acids is 1. The van der Waals surface area contributed by atoms with E-state index in [1.807, 2.05) is 12.1 Å². The van der Waals surface area contributed by atoms with Gasteiger partial charge in [0, 0.05) is 17.9 Å². The van der Waals surface area contributed by atoms with Crippen molar-refractivity contribution in [3.63, 3.8) is 0 Å². The van der Waals surface area contributed by atoms with Crippen molar-refractivity contribution in [1.29, 1.82) is 0 Å². The van der Waals surface area contributed by atoms with Crippen LogP contribution in [-0.2, 0) is 24.8 Å². The Morgan fingerprint density at radius 3 is 2.00 bits per heavy atom. The van der Waals surface area contributed by atoms with Crippen molar-refractivity contribution in [3.8, 4) is 0 Å². The van der Waals surface area contributed by atoms with Gasteiger partial charge in [-0.1, -0.05) is 0 Å². The minimum absolute atomic E-state index is 0.0244. The van der Waals surface area contributed by atoms with E-state index in [0.717, 1.165) is 5.69 Å². The van der Waals surface area contributed by atoms with Crippen LogP contribution in [0.5, 0.6) is 0 Å². The molecule has 192 valence electrons. The minimum Gasteiger partial charge on any atom is -0.481 e. The van der Waals surface area contributed by atoms with Crippen LogP contribution in [0.3, 0.4) is 0 Å². The number of anilines is 2. The molecule has 0 aliphatic heterocycles. The molecule has 0 aromatic heterocycles. The highest BCUT2D eigenvalue weighted by molar-refractivity contribution is 7.89. The number of carboxylic acid groups (broad SMARTS) is 1. The molecule has 1 aliphatic carbocycles. The summed E-state index contributed by atoms with van der Waals surface area (Å²) in [7, 11) is -7.03. The summed E-state index contributed by atoms with van der Waals surface area (Å²) >= 11 is 0. The molecule has 35 heavy (non-hydrogen) atoms. The number of benzene rings is 2. The first-order chi connectivity index (χ1) is 16.3. The van der Waals surface area contributed by atoms with Crippen molar-refractivity contribution < 1.29 is 26.7 Å². The quantitative estimate of drug-likeness (QED) is 0.253. The number of nitrogen functional groups attached to an aromatic ring is 1. The Balaban J connectivity index is 0.000000328. The number of sulfonamides is 2. The predicted octanol–water partition coefficient (Wildman–Crippen LogP) is 2.17. The molecule has 1 saturated carbocycles. The molecule has 0 atom stereocenters. The molecule has 0 amide bonds. The van der Waals surface area contributed by atoms with Gasteiger partial charge in [0.05, 0.1) is 28.3 Å². The topological polar surface area (TPSA) is 220 Å². The molecule has 0 radical (unpaired) electrons. The second-order valence-electron chi connectivity index (χ2n) is 7.97. The van der Waals surface area contributed by atoms with E-state index in [0.29, 0.717) is 43.6 Å². The Bertz CT molecular complexity index is 1210. The summed E-state index contributed by atoms with van der Waals surface area (Å²) < 4.78 is 44.0. The van der Waals surface area contributed by atoms with E-state index in [-0.39, 0.29) is 17.4 Å². The van der Waals surface area contributed by atoms with E-state index in [9.17, 15) is 21.6 Å².